The average Bonchev–Trinajstić information content (AvgIpc) is 2.15. The first kappa shape index (κ1) is 7.76. The van der Waals surface area contributed by atoms with Crippen molar-refractivity contribution >= 4 is 28.7 Å². The maximum Gasteiger partial charge on any atom is 0.134 e. The third kappa shape index (κ3) is 1.82. The summed E-state index contributed by atoms with van der Waals surface area (Å²) >= 11 is 7.21. The Labute approximate surface area is 68.6 Å². The van der Waals surface area contributed by atoms with Gasteiger partial charge in [0.2, 0.25) is 0 Å². The number of thiophene rings is 1. The molecule has 0 spiro atoms. The quantitative estimate of drug-likeness (QED) is 0.674. The molecule has 0 atom stereocenters. The second-order valence-corrected chi connectivity index (χ2v) is 3.62. The maximum absolute atomic E-state index is 10.6. The average molecular weight is 175 g/mol. The van der Waals surface area contributed by atoms with E-state index in [9.17, 15) is 4.79 Å². The molecule has 1 nitrogen and oxygen atoms in total. The lowest BCUT2D eigenvalue weighted by Crippen LogP contribution is -1.94. The molecular weight excluding hydrogens is 168 g/mol. The molecule has 1 aromatic rings. The van der Waals surface area contributed by atoms with Gasteiger partial charge in [0.15, 0.2) is 0 Å². The topological polar surface area (TPSA) is 17.1 Å². The summed E-state index contributed by atoms with van der Waals surface area (Å²) in [4.78, 5) is 10.6. The highest BCUT2D eigenvalue weighted by atomic mass is 35.5. The van der Waals surface area contributed by atoms with Crippen LogP contribution in [0.2, 0.25) is 4.34 Å². The van der Waals surface area contributed by atoms with Crippen LogP contribution in [0.15, 0.2) is 11.4 Å². The molecule has 0 unspecified atom stereocenters. The summed E-state index contributed by atoms with van der Waals surface area (Å²) in [6.45, 7) is 1.56. The summed E-state index contributed by atoms with van der Waals surface area (Å²) in [6, 6.07) is 1.88. The highest BCUT2D eigenvalue weighted by molar-refractivity contribution is 7.14. The Morgan fingerprint density at radius 3 is 2.90 bits per heavy atom. The first-order chi connectivity index (χ1) is 4.70. The summed E-state index contributed by atoms with van der Waals surface area (Å²) in [5, 5.41) is 1.89. The smallest absolute Gasteiger partial charge is 0.134 e. The van der Waals surface area contributed by atoms with Gasteiger partial charge in [0.1, 0.15) is 5.78 Å². The lowest BCUT2D eigenvalue weighted by atomic mass is 10.2. The van der Waals surface area contributed by atoms with Gasteiger partial charge in [0, 0.05) is 6.42 Å². The zero-order chi connectivity index (χ0) is 7.56. The molecule has 1 aromatic heterocycles. The molecule has 1 heterocycles. The van der Waals surface area contributed by atoms with E-state index >= 15 is 0 Å². The monoisotopic (exact) mass is 174 g/mol. The Bertz CT molecular complexity index is 242. The number of halogens is 1. The van der Waals surface area contributed by atoms with Crippen LogP contribution in [0.3, 0.4) is 0 Å². The molecular formula is C7H7ClOS. The van der Waals surface area contributed by atoms with E-state index in [0.29, 0.717) is 6.42 Å². The first-order valence-electron chi connectivity index (χ1n) is 2.91. The van der Waals surface area contributed by atoms with Gasteiger partial charge < -0.3 is 0 Å². The number of rotatable bonds is 2. The molecule has 0 N–H and O–H groups in total. The second kappa shape index (κ2) is 3.17. The first-order valence-corrected chi connectivity index (χ1v) is 4.17. The lowest BCUT2D eigenvalue weighted by molar-refractivity contribution is -0.116. The van der Waals surface area contributed by atoms with E-state index in [1.54, 1.807) is 6.92 Å². The molecule has 0 amide bonds. The minimum atomic E-state index is 0.153. The third-order valence-electron chi connectivity index (χ3n) is 1.13. The lowest BCUT2D eigenvalue weighted by Gasteiger charge is -1.90. The molecule has 1 rings (SSSR count). The Morgan fingerprint density at radius 2 is 2.50 bits per heavy atom. The normalized spacial score (nSPS) is 9.80. The number of ketones is 1. The van der Waals surface area contributed by atoms with Gasteiger partial charge in [-0.05, 0) is 23.9 Å². The van der Waals surface area contributed by atoms with Gasteiger partial charge in [-0.25, -0.2) is 0 Å². The summed E-state index contributed by atoms with van der Waals surface area (Å²) in [7, 11) is 0. The molecule has 0 saturated carbocycles. The van der Waals surface area contributed by atoms with E-state index in [1.165, 1.54) is 11.3 Å². The predicted octanol–water partition coefficient (Wildman–Crippen LogP) is 2.53. The third-order valence-corrected chi connectivity index (χ3v) is 2.38. The molecule has 0 aliphatic rings. The summed E-state index contributed by atoms with van der Waals surface area (Å²) < 4.78 is 0.732. The molecule has 0 saturated heterocycles. The van der Waals surface area contributed by atoms with Crippen LogP contribution in [0, 0.1) is 0 Å². The summed E-state index contributed by atoms with van der Waals surface area (Å²) in [5.41, 5.74) is 0.944. The van der Waals surface area contributed by atoms with Crippen LogP contribution < -0.4 is 0 Å². The Morgan fingerprint density at radius 1 is 1.80 bits per heavy atom. The fourth-order valence-corrected chi connectivity index (χ4v) is 1.64. The molecule has 0 aromatic carbocycles. The van der Waals surface area contributed by atoms with Gasteiger partial charge in [-0.1, -0.05) is 11.6 Å². The van der Waals surface area contributed by atoms with Gasteiger partial charge in [0.25, 0.3) is 0 Å². The highest BCUT2D eigenvalue weighted by Crippen LogP contribution is 2.22. The van der Waals surface area contributed by atoms with Gasteiger partial charge in [0.05, 0.1) is 4.34 Å². The van der Waals surface area contributed by atoms with Gasteiger partial charge in [-0.15, -0.1) is 11.3 Å². The fourth-order valence-electron chi connectivity index (χ4n) is 0.714. The molecule has 0 radical (unpaired) electrons. The maximum atomic E-state index is 10.6. The van der Waals surface area contributed by atoms with Crippen molar-refractivity contribution in [3.63, 3.8) is 0 Å². The van der Waals surface area contributed by atoms with E-state index in [2.05, 4.69) is 0 Å². The van der Waals surface area contributed by atoms with E-state index in [-0.39, 0.29) is 5.78 Å². The zero-order valence-corrected chi connectivity index (χ0v) is 7.13. The van der Waals surface area contributed by atoms with Gasteiger partial charge >= 0.3 is 0 Å². The van der Waals surface area contributed by atoms with Crippen molar-refractivity contribution in [2.45, 2.75) is 13.3 Å². The van der Waals surface area contributed by atoms with Crippen molar-refractivity contribution in [3.8, 4) is 0 Å². The van der Waals surface area contributed by atoms with Crippen molar-refractivity contribution < 1.29 is 4.79 Å². The Hall–Kier alpha value is -0.340. The largest absolute Gasteiger partial charge is 0.300 e. The van der Waals surface area contributed by atoms with Crippen LogP contribution in [-0.4, -0.2) is 5.78 Å². The fraction of sp³-hybridized carbons (Fsp3) is 0.286. The van der Waals surface area contributed by atoms with Crippen molar-refractivity contribution in [2.24, 2.45) is 0 Å². The van der Waals surface area contributed by atoms with Crippen LogP contribution >= 0.6 is 22.9 Å². The number of Topliss-reactive ketones (excluding diaryl/α,β-unsaturated/α-hetero) is 1. The van der Waals surface area contributed by atoms with Crippen molar-refractivity contribution in [3.05, 3.63) is 21.3 Å². The number of carbonyl (C=O) groups excluding carboxylic acids is 1. The van der Waals surface area contributed by atoms with E-state index in [0.717, 1.165) is 9.90 Å². The summed E-state index contributed by atoms with van der Waals surface area (Å²) in [5.74, 6) is 0.153. The Balaban J connectivity index is 2.74. The number of carbonyl (C=O) groups is 1. The standard InChI is InChI=1S/C7H7ClOS/c1-5(9)4-6-2-3-10-7(6)8/h2-3H,4H2,1H3. The molecule has 3 heteroatoms. The van der Waals surface area contributed by atoms with Crippen molar-refractivity contribution in [1.82, 2.24) is 0 Å². The van der Waals surface area contributed by atoms with Crippen molar-refractivity contribution in [2.75, 3.05) is 0 Å². The van der Waals surface area contributed by atoms with Gasteiger partial charge in [-0.2, -0.15) is 0 Å². The molecule has 0 bridgehead atoms. The number of hydrogen-bond donors (Lipinski definition) is 0. The van der Waals surface area contributed by atoms with Crippen LogP contribution in [-0.2, 0) is 11.2 Å². The zero-order valence-electron chi connectivity index (χ0n) is 5.56. The van der Waals surface area contributed by atoms with E-state index in [4.69, 9.17) is 11.6 Å². The Kier molecular flexibility index (Phi) is 2.46. The second-order valence-electron chi connectivity index (χ2n) is 2.10. The van der Waals surface area contributed by atoms with Crippen LogP contribution in [0.4, 0.5) is 0 Å². The molecule has 0 fully saturated rings. The van der Waals surface area contributed by atoms with Crippen LogP contribution in [0.25, 0.3) is 0 Å². The minimum Gasteiger partial charge on any atom is -0.300 e. The molecule has 0 aliphatic heterocycles. The van der Waals surface area contributed by atoms with Gasteiger partial charge in [-0.3, -0.25) is 4.79 Å². The minimum absolute atomic E-state index is 0.153. The van der Waals surface area contributed by atoms with Crippen LogP contribution in [0.5, 0.6) is 0 Å². The predicted molar refractivity (Wildman–Crippen MR) is 43.7 cm³/mol. The van der Waals surface area contributed by atoms with Crippen LogP contribution in [0.1, 0.15) is 12.5 Å². The SMILES string of the molecule is CC(=O)Cc1ccsc1Cl. The highest BCUT2D eigenvalue weighted by Gasteiger charge is 2.02. The van der Waals surface area contributed by atoms with Crippen molar-refractivity contribution in [1.29, 1.82) is 0 Å². The molecule has 0 aliphatic carbocycles. The van der Waals surface area contributed by atoms with E-state index in [1.807, 2.05) is 11.4 Å². The molecule has 10 heavy (non-hydrogen) atoms. The van der Waals surface area contributed by atoms with E-state index < -0.39 is 0 Å². The molecule has 54 valence electrons. The number of hydrogen-bond acceptors (Lipinski definition) is 2. The summed E-state index contributed by atoms with van der Waals surface area (Å²) in [6.07, 6.45) is 0.461.